The fraction of sp³-hybridized carbons (Fsp3) is 1.00. The van der Waals surface area contributed by atoms with Crippen molar-refractivity contribution in [1.82, 2.24) is 0 Å². The second-order valence-corrected chi connectivity index (χ2v) is 15.8. The van der Waals surface area contributed by atoms with E-state index in [9.17, 15) is 0 Å². The second kappa shape index (κ2) is 20.0. The van der Waals surface area contributed by atoms with Gasteiger partial charge in [0, 0.05) is 0 Å². The monoisotopic (exact) mass is 502 g/mol. The minimum Gasteiger partial charge on any atom is -0.345 e. The molecular weight excluding hydrogens is 457 g/mol. The van der Waals surface area contributed by atoms with Gasteiger partial charge in [-0.05, 0) is 57.1 Å². The smallest absolute Gasteiger partial charge is 0.200 e. The highest BCUT2D eigenvalue weighted by molar-refractivity contribution is 9.10. The minimum atomic E-state index is -0.530. The van der Waals surface area contributed by atoms with Crippen LogP contribution in [-0.2, 0) is 18.9 Å². The molecule has 0 aromatic heterocycles. The second-order valence-electron chi connectivity index (χ2n) is 7.12. The zero-order chi connectivity index (χ0) is 21.8. The largest absolute Gasteiger partial charge is 0.345 e. The molecule has 29 heavy (non-hydrogen) atoms. The summed E-state index contributed by atoms with van der Waals surface area (Å²) < 4.78 is 24.3. The van der Waals surface area contributed by atoms with E-state index in [2.05, 4.69) is 40.8 Å². The van der Waals surface area contributed by atoms with Crippen LogP contribution in [0.4, 0.5) is 0 Å². The van der Waals surface area contributed by atoms with Crippen LogP contribution in [0.5, 0.6) is 0 Å². The van der Waals surface area contributed by atoms with Crippen LogP contribution in [0.3, 0.4) is 0 Å². The Morgan fingerprint density at radius 1 is 0.552 bits per heavy atom. The van der Waals surface area contributed by atoms with Crippen molar-refractivity contribution in [2.45, 2.75) is 102 Å². The average Bonchev–Trinajstić information content (AvgIpc) is 2.73. The van der Waals surface area contributed by atoms with Gasteiger partial charge in [0.15, 0.2) is 0 Å². The lowest BCUT2D eigenvalue weighted by molar-refractivity contribution is -0.117. The number of ether oxygens (including phenoxy) is 4. The summed E-state index contributed by atoms with van der Waals surface area (Å²) in [5.41, 5.74) is 0. The molecule has 0 aliphatic rings. The van der Waals surface area contributed by atoms with Crippen molar-refractivity contribution in [2.75, 3.05) is 26.4 Å². The molecule has 0 bridgehead atoms. The molecule has 0 N–H and O–H groups in total. The Labute approximate surface area is 196 Å². The van der Waals surface area contributed by atoms with Gasteiger partial charge in [-0.3, -0.25) is 0 Å². The molecule has 0 atom stereocenters. The summed E-state index contributed by atoms with van der Waals surface area (Å²) in [6.45, 7) is 16.5. The Balaban J connectivity index is 4.95. The zero-order valence-electron chi connectivity index (χ0n) is 19.8. The van der Waals surface area contributed by atoms with Gasteiger partial charge >= 0.3 is 0 Å². The van der Waals surface area contributed by atoms with Crippen LogP contribution < -0.4 is 0 Å². The van der Waals surface area contributed by atoms with Crippen molar-refractivity contribution in [2.24, 2.45) is 0 Å². The lowest BCUT2D eigenvalue weighted by Crippen LogP contribution is -2.39. The Hall–Kier alpha value is 1.32. The number of rotatable bonds is 22. The quantitative estimate of drug-likeness (QED) is 0.0784. The van der Waals surface area contributed by atoms with E-state index >= 15 is 0 Å². The fourth-order valence-corrected chi connectivity index (χ4v) is 13.6. The van der Waals surface area contributed by atoms with Crippen molar-refractivity contribution < 1.29 is 18.9 Å². The molecular formula is C20H46O4S3Si2. The topological polar surface area (TPSA) is 36.9 Å². The van der Waals surface area contributed by atoms with Gasteiger partial charge in [-0.1, -0.05) is 66.5 Å². The molecule has 176 valence electrons. The molecule has 9 heteroatoms. The molecule has 0 aromatic carbocycles. The molecule has 0 rings (SSSR count). The summed E-state index contributed by atoms with van der Waals surface area (Å²) in [6, 6.07) is 0. The predicted octanol–water partition coefficient (Wildman–Crippen LogP) is 5.94. The van der Waals surface area contributed by atoms with Crippen LogP contribution in [0.1, 0.15) is 79.1 Å². The summed E-state index contributed by atoms with van der Waals surface area (Å²) in [5.74, 6) is 0. The molecule has 0 aliphatic carbocycles. The molecule has 0 saturated carbocycles. The lowest BCUT2D eigenvalue weighted by Gasteiger charge is -2.35. The Kier molecular flexibility index (Phi) is 20.9. The maximum Gasteiger partial charge on any atom is 0.200 e. The van der Waals surface area contributed by atoms with E-state index in [0.717, 1.165) is 77.8 Å². The summed E-state index contributed by atoms with van der Waals surface area (Å²) in [4.78, 5) is 0. The molecule has 0 amide bonds. The van der Waals surface area contributed by atoms with Gasteiger partial charge in [0.2, 0.25) is 9.48 Å². The van der Waals surface area contributed by atoms with Crippen LogP contribution in [0, 0.1) is 0 Å². The molecule has 0 saturated heterocycles. The molecule has 0 aliphatic heterocycles. The van der Waals surface area contributed by atoms with Crippen LogP contribution in [-0.4, -0.2) is 55.0 Å². The van der Waals surface area contributed by atoms with Crippen LogP contribution in [0.2, 0.25) is 13.1 Å². The fourth-order valence-electron chi connectivity index (χ4n) is 2.31. The first kappa shape index (κ1) is 30.3. The normalized spacial score (nSPS) is 13.4. The van der Waals surface area contributed by atoms with Gasteiger partial charge < -0.3 is 18.9 Å². The van der Waals surface area contributed by atoms with Crippen molar-refractivity contribution in [3.8, 4) is 0 Å². The molecule has 0 spiro atoms. The third kappa shape index (κ3) is 14.2. The third-order valence-corrected chi connectivity index (χ3v) is 15.1. The van der Waals surface area contributed by atoms with E-state index in [1.165, 1.54) is 0 Å². The molecule has 0 unspecified atom stereocenters. The first-order valence-electron chi connectivity index (χ1n) is 11.7. The molecule has 0 fully saturated rings. The highest BCUT2D eigenvalue weighted by Crippen LogP contribution is 2.50. The standard InChI is InChI=1S/C20H46O4S3Si2/c1-7-11-15-21-19(28-5,22-16-12-8-2)25-27-26-20(29-6,23-17-13-9-3)24-18-14-10-4/h7-18,28-29H2,1-6H3. The number of hydrogen-bond acceptors (Lipinski definition) is 7. The summed E-state index contributed by atoms with van der Waals surface area (Å²) >= 11 is 0. The Morgan fingerprint density at radius 3 is 1.03 bits per heavy atom. The predicted molar refractivity (Wildman–Crippen MR) is 140 cm³/mol. The molecule has 0 aromatic rings. The Bertz CT molecular complexity index is 317. The van der Waals surface area contributed by atoms with Crippen molar-refractivity contribution in [3.63, 3.8) is 0 Å². The van der Waals surface area contributed by atoms with Gasteiger partial charge in [-0.25, -0.2) is 0 Å². The lowest BCUT2D eigenvalue weighted by atomic mass is 10.4. The summed E-state index contributed by atoms with van der Waals surface area (Å²) in [6.07, 6.45) is 8.90. The summed E-state index contributed by atoms with van der Waals surface area (Å²) in [5, 5.41) is 0. The van der Waals surface area contributed by atoms with Crippen molar-refractivity contribution >= 4 is 50.5 Å². The SMILES string of the molecule is CCCCOC(OCCCC)([SiH2]C)SSSC(OCCCC)(OCCCC)[SiH2]C. The van der Waals surface area contributed by atoms with E-state index in [-0.39, 0.29) is 0 Å². The van der Waals surface area contributed by atoms with E-state index in [1.807, 2.05) is 0 Å². The number of unbranched alkanes of at least 4 members (excludes halogenated alkanes) is 4. The van der Waals surface area contributed by atoms with E-state index in [1.54, 1.807) is 31.4 Å². The third-order valence-electron chi connectivity index (χ3n) is 4.47. The van der Waals surface area contributed by atoms with Gasteiger partial charge in [0.25, 0.3) is 0 Å². The molecule has 0 heterocycles. The van der Waals surface area contributed by atoms with Gasteiger partial charge in [-0.2, -0.15) is 0 Å². The highest BCUT2D eigenvalue weighted by atomic mass is 33.5. The van der Waals surface area contributed by atoms with E-state index < -0.39 is 28.5 Å². The van der Waals surface area contributed by atoms with Gasteiger partial charge in [-0.15, -0.1) is 0 Å². The highest BCUT2D eigenvalue weighted by Gasteiger charge is 2.36. The molecule has 0 radical (unpaired) electrons. The van der Waals surface area contributed by atoms with Gasteiger partial charge in [0.05, 0.1) is 26.4 Å². The van der Waals surface area contributed by atoms with E-state index in [4.69, 9.17) is 18.9 Å². The average molecular weight is 503 g/mol. The minimum absolute atomic E-state index is 0.449. The van der Waals surface area contributed by atoms with Gasteiger partial charge in [0.1, 0.15) is 19.0 Å². The Morgan fingerprint density at radius 2 is 0.828 bits per heavy atom. The summed E-state index contributed by atoms with van der Waals surface area (Å²) in [7, 11) is 4.19. The molecule has 4 nitrogen and oxygen atoms in total. The maximum absolute atomic E-state index is 6.31. The first-order chi connectivity index (χ1) is 14.1. The van der Waals surface area contributed by atoms with Crippen molar-refractivity contribution in [3.05, 3.63) is 0 Å². The van der Waals surface area contributed by atoms with Crippen LogP contribution in [0.15, 0.2) is 0 Å². The number of hydrogen-bond donors (Lipinski definition) is 0. The van der Waals surface area contributed by atoms with E-state index in [0.29, 0.717) is 0 Å². The van der Waals surface area contributed by atoms with Crippen molar-refractivity contribution in [1.29, 1.82) is 0 Å². The van der Waals surface area contributed by atoms with Crippen LogP contribution >= 0.6 is 31.4 Å². The zero-order valence-corrected chi connectivity index (χ0v) is 25.0. The first-order valence-corrected chi connectivity index (χ1v) is 19.4. The van der Waals surface area contributed by atoms with Crippen LogP contribution in [0.25, 0.3) is 0 Å². The maximum atomic E-state index is 6.31.